The molecule has 0 atom stereocenters. The van der Waals surface area contributed by atoms with Crippen molar-refractivity contribution in [2.45, 2.75) is 6.54 Å². The second-order valence-corrected chi connectivity index (χ2v) is 6.21. The van der Waals surface area contributed by atoms with E-state index in [1.807, 2.05) is 6.07 Å². The van der Waals surface area contributed by atoms with Crippen LogP contribution in [0.5, 0.6) is 5.75 Å². The summed E-state index contributed by atoms with van der Waals surface area (Å²) in [6.07, 6.45) is 0. The summed E-state index contributed by atoms with van der Waals surface area (Å²) in [4.78, 5) is 16.6. The minimum Gasteiger partial charge on any atom is -0.496 e. The molecule has 1 aliphatic heterocycles. The summed E-state index contributed by atoms with van der Waals surface area (Å²) in [5.41, 5.74) is 1.93. The van der Waals surface area contributed by atoms with Gasteiger partial charge in [-0.25, -0.2) is 4.39 Å². The van der Waals surface area contributed by atoms with Crippen molar-refractivity contribution in [2.75, 3.05) is 33.3 Å². The van der Waals surface area contributed by atoms with Crippen molar-refractivity contribution in [2.24, 2.45) is 0 Å². The summed E-state index contributed by atoms with van der Waals surface area (Å²) >= 11 is 0. The van der Waals surface area contributed by atoms with Crippen LogP contribution in [-0.4, -0.2) is 49.0 Å². The highest BCUT2D eigenvalue weighted by atomic mass is 19.1. The number of rotatable bonds is 4. The van der Waals surface area contributed by atoms with Crippen LogP contribution in [0.1, 0.15) is 21.5 Å². The third kappa shape index (κ3) is 4.01. The smallest absolute Gasteiger partial charge is 0.253 e. The fourth-order valence-electron chi connectivity index (χ4n) is 3.09. The van der Waals surface area contributed by atoms with Crippen molar-refractivity contribution in [3.63, 3.8) is 0 Å². The monoisotopic (exact) mass is 353 g/mol. The van der Waals surface area contributed by atoms with E-state index in [2.05, 4.69) is 4.90 Å². The lowest BCUT2D eigenvalue weighted by molar-refractivity contribution is 0.0627. The van der Waals surface area contributed by atoms with Gasteiger partial charge in [0.1, 0.15) is 11.6 Å². The van der Waals surface area contributed by atoms with Crippen molar-refractivity contribution in [1.29, 1.82) is 5.26 Å². The highest BCUT2D eigenvalue weighted by Crippen LogP contribution is 2.22. The Balaban J connectivity index is 1.59. The zero-order valence-electron chi connectivity index (χ0n) is 14.6. The largest absolute Gasteiger partial charge is 0.496 e. The molecule has 3 rings (SSSR count). The van der Waals surface area contributed by atoms with Gasteiger partial charge >= 0.3 is 0 Å². The fraction of sp³-hybridized carbons (Fsp3) is 0.300. The maximum Gasteiger partial charge on any atom is 0.253 e. The number of hydrogen-bond acceptors (Lipinski definition) is 4. The number of benzene rings is 2. The van der Waals surface area contributed by atoms with Crippen LogP contribution < -0.4 is 4.74 Å². The first kappa shape index (κ1) is 17.9. The van der Waals surface area contributed by atoms with Crippen molar-refractivity contribution in [3.05, 3.63) is 65.0 Å². The molecule has 1 amide bonds. The van der Waals surface area contributed by atoms with Gasteiger partial charge in [-0.1, -0.05) is 0 Å². The molecular weight excluding hydrogens is 333 g/mol. The Kier molecular flexibility index (Phi) is 5.49. The van der Waals surface area contributed by atoms with E-state index < -0.39 is 0 Å². The van der Waals surface area contributed by atoms with E-state index in [1.54, 1.807) is 42.3 Å². The van der Waals surface area contributed by atoms with Crippen LogP contribution in [0.4, 0.5) is 4.39 Å². The molecule has 0 saturated carbocycles. The van der Waals surface area contributed by atoms with E-state index in [4.69, 9.17) is 10.00 Å². The van der Waals surface area contributed by atoms with Crippen LogP contribution in [0.3, 0.4) is 0 Å². The maximum atomic E-state index is 13.5. The zero-order chi connectivity index (χ0) is 18.5. The Bertz CT molecular complexity index is 822. The molecule has 0 radical (unpaired) electrons. The van der Waals surface area contributed by atoms with Gasteiger partial charge in [-0.05, 0) is 42.5 Å². The summed E-state index contributed by atoms with van der Waals surface area (Å²) in [5.74, 6) is 0.357. The number of piperazine rings is 1. The quantitative estimate of drug-likeness (QED) is 0.848. The number of nitrogens with zero attached hydrogens (tertiary/aromatic N) is 3. The van der Waals surface area contributed by atoms with Gasteiger partial charge in [0.25, 0.3) is 5.91 Å². The molecule has 0 spiro atoms. The third-order valence-corrected chi connectivity index (χ3v) is 4.56. The molecule has 1 fully saturated rings. The van der Waals surface area contributed by atoms with Crippen LogP contribution >= 0.6 is 0 Å². The molecule has 0 N–H and O–H groups in total. The normalized spacial score (nSPS) is 14.7. The predicted octanol–water partition coefficient (Wildman–Crippen LogP) is 2.66. The van der Waals surface area contributed by atoms with E-state index >= 15 is 0 Å². The van der Waals surface area contributed by atoms with Crippen molar-refractivity contribution < 1.29 is 13.9 Å². The molecule has 26 heavy (non-hydrogen) atoms. The zero-order valence-corrected chi connectivity index (χ0v) is 14.6. The topological polar surface area (TPSA) is 56.6 Å². The molecule has 6 heteroatoms. The standard InChI is InChI=1S/C20H20FN3O2/c1-26-19-7-6-18(21)12-17(19)14-23-8-10-24(11-9-23)20(25)16-4-2-15(13-22)3-5-16/h2-7,12H,8-11,14H2,1H3. The molecule has 1 aliphatic rings. The van der Waals surface area contributed by atoms with Crippen molar-refractivity contribution >= 4 is 5.91 Å². The first-order valence-corrected chi connectivity index (χ1v) is 8.45. The van der Waals surface area contributed by atoms with Crippen LogP contribution in [-0.2, 0) is 6.54 Å². The molecular formula is C20H20FN3O2. The molecule has 1 heterocycles. The second kappa shape index (κ2) is 7.98. The number of nitriles is 1. The number of halogens is 1. The number of carbonyl (C=O) groups is 1. The fourth-order valence-corrected chi connectivity index (χ4v) is 3.09. The molecule has 1 saturated heterocycles. The van der Waals surface area contributed by atoms with Gasteiger partial charge in [-0.15, -0.1) is 0 Å². The molecule has 0 bridgehead atoms. The molecule has 0 unspecified atom stereocenters. The predicted molar refractivity (Wildman–Crippen MR) is 95.3 cm³/mol. The summed E-state index contributed by atoms with van der Waals surface area (Å²) < 4.78 is 18.8. The minimum atomic E-state index is -0.282. The van der Waals surface area contributed by atoms with Crippen LogP contribution in [0.25, 0.3) is 0 Å². The highest BCUT2D eigenvalue weighted by molar-refractivity contribution is 5.94. The summed E-state index contributed by atoms with van der Waals surface area (Å²) in [6.45, 7) is 3.22. The Morgan fingerprint density at radius 3 is 2.46 bits per heavy atom. The van der Waals surface area contributed by atoms with E-state index in [-0.39, 0.29) is 11.7 Å². The van der Waals surface area contributed by atoms with Gasteiger partial charge in [0.05, 0.1) is 18.7 Å². The minimum absolute atomic E-state index is 0.0301. The van der Waals surface area contributed by atoms with Gasteiger partial charge in [-0.2, -0.15) is 5.26 Å². The second-order valence-electron chi connectivity index (χ2n) is 6.21. The van der Waals surface area contributed by atoms with E-state index in [9.17, 15) is 9.18 Å². The molecule has 0 aromatic heterocycles. The maximum absolute atomic E-state index is 13.5. The first-order chi connectivity index (χ1) is 12.6. The SMILES string of the molecule is COc1ccc(F)cc1CN1CCN(C(=O)c2ccc(C#N)cc2)CC1. The average molecular weight is 353 g/mol. The number of methoxy groups -OCH3 is 1. The Morgan fingerprint density at radius 2 is 1.85 bits per heavy atom. The van der Waals surface area contributed by atoms with E-state index in [1.165, 1.54) is 12.1 Å². The van der Waals surface area contributed by atoms with Gasteiger partial charge in [0.2, 0.25) is 0 Å². The average Bonchev–Trinajstić information content (AvgIpc) is 2.68. The van der Waals surface area contributed by atoms with Gasteiger partial charge in [0, 0.05) is 43.9 Å². The van der Waals surface area contributed by atoms with Crippen molar-refractivity contribution in [3.8, 4) is 11.8 Å². The number of amides is 1. The molecule has 5 nitrogen and oxygen atoms in total. The molecule has 134 valence electrons. The summed E-state index contributed by atoms with van der Waals surface area (Å²) in [5, 5.41) is 8.84. The Hall–Kier alpha value is -2.91. The van der Waals surface area contributed by atoms with E-state index in [0.717, 1.165) is 5.56 Å². The Labute approximate surface area is 152 Å². The van der Waals surface area contributed by atoms with Crippen LogP contribution in [0, 0.1) is 17.1 Å². The number of hydrogen-bond donors (Lipinski definition) is 0. The van der Waals surface area contributed by atoms with Crippen molar-refractivity contribution in [1.82, 2.24) is 9.80 Å². The molecule has 0 aliphatic carbocycles. The van der Waals surface area contributed by atoms with Gasteiger partial charge in [-0.3, -0.25) is 9.69 Å². The first-order valence-electron chi connectivity index (χ1n) is 8.45. The summed E-state index contributed by atoms with van der Waals surface area (Å²) in [7, 11) is 1.57. The van der Waals surface area contributed by atoms with E-state index in [0.29, 0.717) is 49.6 Å². The Morgan fingerprint density at radius 1 is 1.15 bits per heavy atom. The summed E-state index contributed by atoms with van der Waals surface area (Å²) in [6, 6.07) is 13.2. The lowest BCUT2D eigenvalue weighted by atomic mass is 10.1. The molecule has 2 aromatic rings. The lowest BCUT2D eigenvalue weighted by Crippen LogP contribution is -2.48. The van der Waals surface area contributed by atoms with Gasteiger partial charge < -0.3 is 9.64 Å². The number of ether oxygens (including phenoxy) is 1. The molecule has 2 aromatic carbocycles. The van der Waals surface area contributed by atoms with Crippen LogP contribution in [0.2, 0.25) is 0 Å². The third-order valence-electron chi connectivity index (χ3n) is 4.56. The lowest BCUT2D eigenvalue weighted by Gasteiger charge is -2.35. The van der Waals surface area contributed by atoms with Crippen LogP contribution in [0.15, 0.2) is 42.5 Å². The highest BCUT2D eigenvalue weighted by Gasteiger charge is 2.23. The number of carbonyl (C=O) groups excluding carboxylic acids is 1. The van der Waals surface area contributed by atoms with Gasteiger partial charge in [0.15, 0.2) is 0 Å².